The second-order valence-corrected chi connectivity index (χ2v) is 4.70. The Morgan fingerprint density at radius 3 is 2.61 bits per heavy atom. The smallest absolute Gasteiger partial charge is 0.122 e. The molecule has 1 N–H and O–H groups in total. The van der Waals surface area contributed by atoms with E-state index in [9.17, 15) is 0 Å². The van der Waals surface area contributed by atoms with Gasteiger partial charge in [-0.1, -0.05) is 0 Å². The van der Waals surface area contributed by atoms with Gasteiger partial charge in [0.1, 0.15) is 5.82 Å². The molecule has 0 amide bonds. The average Bonchev–Trinajstić information content (AvgIpc) is 2.85. The Bertz CT molecular complexity index is 522. The third kappa shape index (κ3) is 2.48. The molecule has 0 radical (unpaired) electrons. The predicted octanol–water partition coefficient (Wildman–Crippen LogP) is 2.15. The fourth-order valence-corrected chi connectivity index (χ4v) is 2.41. The molecule has 0 aliphatic rings. The van der Waals surface area contributed by atoms with Crippen LogP contribution in [-0.4, -0.2) is 14.1 Å². The number of aryl methyl sites for hydroxylation is 2. The maximum absolute atomic E-state index is 4.30. The van der Waals surface area contributed by atoms with E-state index in [-0.39, 0.29) is 0 Å². The number of imidazole rings is 1. The van der Waals surface area contributed by atoms with Crippen LogP contribution in [0.5, 0.6) is 0 Å². The van der Waals surface area contributed by atoms with Crippen molar-refractivity contribution in [3.05, 3.63) is 41.2 Å². The predicted molar refractivity (Wildman–Crippen MR) is 73.3 cm³/mol. The molecular weight excluding hydrogens is 224 g/mol. The van der Waals surface area contributed by atoms with Crippen LogP contribution in [0.1, 0.15) is 29.7 Å². The summed E-state index contributed by atoms with van der Waals surface area (Å²) < 4.78 is 4.39. The van der Waals surface area contributed by atoms with Crippen molar-refractivity contribution in [1.29, 1.82) is 0 Å². The van der Waals surface area contributed by atoms with E-state index in [0.717, 1.165) is 25.5 Å². The number of hydrogen-bond donors (Lipinski definition) is 1. The van der Waals surface area contributed by atoms with Gasteiger partial charge in [-0.2, -0.15) is 0 Å². The second-order valence-electron chi connectivity index (χ2n) is 4.70. The molecule has 0 atom stereocenters. The molecule has 18 heavy (non-hydrogen) atoms. The summed E-state index contributed by atoms with van der Waals surface area (Å²) in [4.78, 5) is 4.30. The number of nitrogens with zero attached hydrogens (tertiary/aromatic N) is 3. The minimum Gasteiger partial charge on any atom is -0.349 e. The van der Waals surface area contributed by atoms with E-state index in [1.54, 1.807) is 0 Å². The fourth-order valence-electron chi connectivity index (χ4n) is 2.41. The first-order valence-corrected chi connectivity index (χ1v) is 6.46. The van der Waals surface area contributed by atoms with Crippen LogP contribution in [0.15, 0.2) is 18.5 Å². The van der Waals surface area contributed by atoms with Crippen molar-refractivity contribution in [1.82, 2.24) is 19.4 Å². The molecule has 2 rings (SSSR count). The summed E-state index contributed by atoms with van der Waals surface area (Å²) in [5, 5.41) is 3.45. The molecule has 4 heteroatoms. The van der Waals surface area contributed by atoms with Gasteiger partial charge < -0.3 is 14.5 Å². The third-order valence-electron chi connectivity index (χ3n) is 3.51. The zero-order chi connectivity index (χ0) is 13.1. The average molecular weight is 246 g/mol. The summed E-state index contributed by atoms with van der Waals surface area (Å²) in [5.74, 6) is 1.07. The third-order valence-corrected chi connectivity index (χ3v) is 3.51. The van der Waals surface area contributed by atoms with Crippen molar-refractivity contribution >= 4 is 0 Å². The summed E-state index contributed by atoms with van der Waals surface area (Å²) in [6.07, 6.45) is 3.81. The van der Waals surface area contributed by atoms with E-state index in [1.807, 2.05) is 24.0 Å². The Morgan fingerprint density at radius 2 is 2.06 bits per heavy atom. The minimum absolute atomic E-state index is 0.805. The van der Waals surface area contributed by atoms with Gasteiger partial charge in [-0.05, 0) is 32.4 Å². The van der Waals surface area contributed by atoms with E-state index in [0.29, 0.717) is 0 Å². The summed E-state index contributed by atoms with van der Waals surface area (Å²) >= 11 is 0. The van der Waals surface area contributed by atoms with E-state index < -0.39 is 0 Å². The minimum atomic E-state index is 0.805. The number of rotatable bonds is 5. The van der Waals surface area contributed by atoms with Gasteiger partial charge in [0.2, 0.25) is 0 Å². The quantitative estimate of drug-likeness (QED) is 0.877. The molecule has 0 unspecified atom stereocenters. The lowest BCUT2D eigenvalue weighted by molar-refractivity contribution is 0.633. The molecule has 0 saturated carbocycles. The van der Waals surface area contributed by atoms with Gasteiger partial charge in [0.15, 0.2) is 0 Å². The standard InChI is InChI=1S/C14H22N4/c1-5-18-11(2)8-13(12(18)3)9-15-10-14-16-6-7-17(14)4/h6-8,15H,5,9-10H2,1-4H3. The molecule has 2 aromatic heterocycles. The molecule has 0 aromatic carbocycles. The number of hydrogen-bond acceptors (Lipinski definition) is 2. The lowest BCUT2D eigenvalue weighted by atomic mass is 10.2. The van der Waals surface area contributed by atoms with E-state index in [1.165, 1.54) is 17.0 Å². The first kappa shape index (κ1) is 12.9. The summed E-state index contributed by atoms with van der Waals surface area (Å²) in [6.45, 7) is 9.28. The Morgan fingerprint density at radius 1 is 1.28 bits per heavy atom. The highest BCUT2D eigenvalue weighted by Gasteiger charge is 2.07. The number of aromatic nitrogens is 3. The summed E-state index contributed by atoms with van der Waals surface area (Å²) in [7, 11) is 2.02. The van der Waals surface area contributed by atoms with Gasteiger partial charge in [0.05, 0.1) is 6.54 Å². The lowest BCUT2D eigenvalue weighted by Crippen LogP contribution is -2.16. The molecule has 0 aliphatic carbocycles. The largest absolute Gasteiger partial charge is 0.349 e. The molecule has 0 saturated heterocycles. The first-order valence-electron chi connectivity index (χ1n) is 6.46. The molecule has 2 aromatic rings. The highest BCUT2D eigenvalue weighted by molar-refractivity contribution is 5.26. The summed E-state index contributed by atoms with van der Waals surface area (Å²) in [6, 6.07) is 2.27. The van der Waals surface area contributed by atoms with Crippen LogP contribution in [0.3, 0.4) is 0 Å². The fraction of sp³-hybridized carbons (Fsp3) is 0.500. The Hall–Kier alpha value is -1.55. The van der Waals surface area contributed by atoms with Crippen LogP contribution in [0.25, 0.3) is 0 Å². The van der Waals surface area contributed by atoms with Crippen LogP contribution < -0.4 is 5.32 Å². The van der Waals surface area contributed by atoms with Crippen molar-refractivity contribution in [2.24, 2.45) is 7.05 Å². The molecule has 0 fully saturated rings. The van der Waals surface area contributed by atoms with E-state index >= 15 is 0 Å². The van der Waals surface area contributed by atoms with E-state index in [4.69, 9.17) is 0 Å². The van der Waals surface area contributed by atoms with Crippen molar-refractivity contribution < 1.29 is 0 Å². The van der Waals surface area contributed by atoms with Gasteiger partial charge >= 0.3 is 0 Å². The molecule has 0 aliphatic heterocycles. The zero-order valence-electron chi connectivity index (χ0n) is 11.7. The van der Waals surface area contributed by atoms with Crippen molar-refractivity contribution in [3.8, 4) is 0 Å². The van der Waals surface area contributed by atoms with Gasteiger partial charge in [-0.3, -0.25) is 0 Å². The van der Waals surface area contributed by atoms with Crippen molar-refractivity contribution in [2.75, 3.05) is 0 Å². The normalized spacial score (nSPS) is 11.1. The van der Waals surface area contributed by atoms with Crippen LogP contribution in [-0.2, 0) is 26.7 Å². The van der Waals surface area contributed by atoms with Crippen LogP contribution >= 0.6 is 0 Å². The SMILES string of the molecule is CCn1c(C)cc(CNCc2nccn2C)c1C. The van der Waals surface area contributed by atoms with Gasteiger partial charge in [0, 0.05) is 43.9 Å². The lowest BCUT2D eigenvalue weighted by Gasteiger charge is -2.07. The van der Waals surface area contributed by atoms with Crippen LogP contribution in [0, 0.1) is 13.8 Å². The Balaban J connectivity index is 1.97. The Labute approximate surface area is 109 Å². The topological polar surface area (TPSA) is 34.8 Å². The van der Waals surface area contributed by atoms with E-state index in [2.05, 4.69) is 41.7 Å². The van der Waals surface area contributed by atoms with Crippen LogP contribution in [0.2, 0.25) is 0 Å². The monoisotopic (exact) mass is 246 g/mol. The maximum Gasteiger partial charge on any atom is 0.122 e. The second kappa shape index (κ2) is 5.40. The molecule has 0 spiro atoms. The molecule has 4 nitrogen and oxygen atoms in total. The summed E-state index contributed by atoms with van der Waals surface area (Å²) in [5.41, 5.74) is 4.08. The zero-order valence-corrected chi connectivity index (χ0v) is 11.7. The highest BCUT2D eigenvalue weighted by Crippen LogP contribution is 2.14. The molecule has 2 heterocycles. The first-order chi connectivity index (χ1) is 8.63. The maximum atomic E-state index is 4.30. The van der Waals surface area contributed by atoms with Crippen LogP contribution in [0.4, 0.5) is 0 Å². The molecule has 98 valence electrons. The van der Waals surface area contributed by atoms with Gasteiger partial charge in [0.25, 0.3) is 0 Å². The number of nitrogens with one attached hydrogen (secondary N) is 1. The van der Waals surface area contributed by atoms with Gasteiger partial charge in [-0.15, -0.1) is 0 Å². The van der Waals surface area contributed by atoms with Crippen molar-refractivity contribution in [3.63, 3.8) is 0 Å². The van der Waals surface area contributed by atoms with Crippen molar-refractivity contribution in [2.45, 2.75) is 40.4 Å². The molecular formula is C14H22N4. The van der Waals surface area contributed by atoms with Gasteiger partial charge in [-0.25, -0.2) is 4.98 Å². The Kier molecular flexibility index (Phi) is 3.87. The molecule has 0 bridgehead atoms. The highest BCUT2D eigenvalue weighted by atomic mass is 15.1.